The van der Waals surface area contributed by atoms with Crippen molar-refractivity contribution >= 4 is 30.1 Å². The predicted octanol–water partition coefficient (Wildman–Crippen LogP) is 0.206. The molecule has 21 heteroatoms. The van der Waals surface area contributed by atoms with Gasteiger partial charge in [-0.3, -0.25) is 0 Å². The second-order valence-electron chi connectivity index (χ2n) is 6.15. The summed E-state index contributed by atoms with van der Waals surface area (Å²) >= 11 is 0. The summed E-state index contributed by atoms with van der Waals surface area (Å²) in [6.45, 7) is -3.54. The minimum absolute atomic E-state index is 0.673. The van der Waals surface area contributed by atoms with Gasteiger partial charge in [0.05, 0.1) is 0 Å². The fourth-order valence-corrected chi connectivity index (χ4v) is 7.82. The zero-order valence-electron chi connectivity index (χ0n) is 14.1. The summed E-state index contributed by atoms with van der Waals surface area (Å²) in [5, 5.41) is -14.1. The lowest BCUT2D eigenvalue weighted by Gasteiger charge is -2.47. The molecule has 0 spiro atoms. The molecule has 30 heavy (non-hydrogen) atoms. The van der Waals surface area contributed by atoms with Gasteiger partial charge in [-0.25, -0.2) is 25.3 Å². The van der Waals surface area contributed by atoms with E-state index in [0.717, 1.165) is 7.05 Å². The van der Waals surface area contributed by atoms with Crippen LogP contribution in [-0.2, 0) is 30.1 Å². The number of piperazine rings is 1. The Morgan fingerprint density at radius 3 is 1.73 bits per heavy atom. The average molecular weight is 523 g/mol. The first-order valence-corrected chi connectivity index (χ1v) is 11.5. The highest BCUT2D eigenvalue weighted by atomic mass is 32.3. The summed E-state index contributed by atoms with van der Waals surface area (Å²) in [6, 6.07) is 0. The van der Waals surface area contributed by atoms with E-state index in [0.29, 0.717) is 4.90 Å². The first kappa shape index (κ1) is 25.4. The molecule has 0 bridgehead atoms. The molecule has 0 radical (unpaired) electrons. The molecule has 2 fully saturated rings. The lowest BCUT2D eigenvalue weighted by atomic mass is 10.3. The van der Waals surface area contributed by atoms with Crippen LogP contribution in [0.2, 0.25) is 0 Å². The lowest BCUT2D eigenvalue weighted by molar-refractivity contribution is -0.248. The largest absolute Gasteiger partial charge is 0.512 e. The van der Waals surface area contributed by atoms with Crippen LogP contribution in [0.1, 0.15) is 0 Å². The Bertz CT molecular complexity index is 1040. The van der Waals surface area contributed by atoms with Crippen molar-refractivity contribution in [3.8, 4) is 0 Å². The van der Waals surface area contributed by atoms with Gasteiger partial charge in [0.15, 0.2) is 0 Å². The Morgan fingerprint density at radius 2 is 1.30 bits per heavy atom. The number of hydrogen-bond donors (Lipinski definition) is 0. The van der Waals surface area contributed by atoms with Gasteiger partial charge < -0.3 is 4.90 Å². The molecule has 2 saturated heterocycles. The summed E-state index contributed by atoms with van der Waals surface area (Å²) in [7, 11) is -21.4. The van der Waals surface area contributed by atoms with Crippen LogP contribution < -0.4 is 0 Å². The molecule has 9 nitrogen and oxygen atoms in total. The highest BCUT2D eigenvalue weighted by Crippen LogP contribution is 2.55. The Balaban J connectivity index is 3.06. The van der Waals surface area contributed by atoms with Gasteiger partial charge in [0, 0.05) is 19.6 Å². The van der Waals surface area contributed by atoms with Crippen molar-refractivity contribution < 1.29 is 64.8 Å². The average Bonchev–Trinajstić information content (AvgIpc) is 2.51. The van der Waals surface area contributed by atoms with Crippen LogP contribution in [0.3, 0.4) is 0 Å². The number of nitrogens with zero attached hydrogens (tertiary/aromatic N) is 3. The van der Waals surface area contributed by atoms with Gasteiger partial charge in [-0.1, -0.05) is 3.71 Å². The highest BCUT2D eigenvalue weighted by molar-refractivity contribution is 8.05. The van der Waals surface area contributed by atoms with Crippen LogP contribution in [0.4, 0.5) is 39.5 Å². The van der Waals surface area contributed by atoms with Crippen LogP contribution in [-0.4, -0.2) is 93.0 Å². The summed E-state index contributed by atoms with van der Waals surface area (Å²) in [4.78, 5) is 0.709. The number of likely N-dealkylation sites (N-methyl/N-ethyl adjacent to an activating group) is 1. The van der Waals surface area contributed by atoms with E-state index in [9.17, 15) is 64.8 Å². The minimum atomic E-state index is -7.80. The van der Waals surface area contributed by atoms with Crippen molar-refractivity contribution in [1.82, 2.24) is 12.9 Å². The fourth-order valence-electron chi connectivity index (χ4n) is 2.64. The SMILES string of the molecule is CN1CCN2C(C1)N(S(=O)(=O)C(F)(F)F)S(=O)(=O)C(F)(F)C(F)(F)C(F)(F)S2(=O)=O. The second-order valence-corrected chi connectivity index (χ2v) is 12.0. The summed E-state index contributed by atoms with van der Waals surface area (Å²) < 4.78 is 191. The molecule has 0 saturated carbocycles. The Labute approximate surface area is 163 Å². The van der Waals surface area contributed by atoms with Gasteiger partial charge >= 0.3 is 42.0 Å². The van der Waals surface area contributed by atoms with E-state index in [4.69, 9.17) is 0 Å². The van der Waals surface area contributed by atoms with Crippen molar-refractivity contribution in [2.45, 2.75) is 28.1 Å². The molecule has 0 aromatic rings. The number of halogens is 9. The quantitative estimate of drug-likeness (QED) is 0.452. The predicted molar refractivity (Wildman–Crippen MR) is 77.5 cm³/mol. The Morgan fingerprint density at radius 1 is 0.867 bits per heavy atom. The van der Waals surface area contributed by atoms with Gasteiger partial charge in [0.1, 0.15) is 6.17 Å². The molecule has 1 unspecified atom stereocenters. The van der Waals surface area contributed by atoms with Crippen molar-refractivity contribution in [3.63, 3.8) is 0 Å². The molecule has 0 aromatic heterocycles. The van der Waals surface area contributed by atoms with Crippen molar-refractivity contribution in [1.29, 1.82) is 0 Å². The summed E-state index contributed by atoms with van der Waals surface area (Å²) in [5.41, 5.74) is -6.71. The van der Waals surface area contributed by atoms with Gasteiger partial charge in [-0.2, -0.15) is 43.8 Å². The minimum Gasteiger partial charge on any atom is -0.302 e. The maximum Gasteiger partial charge on any atom is 0.512 e. The summed E-state index contributed by atoms with van der Waals surface area (Å²) in [6.07, 6.45) is -3.39. The zero-order chi connectivity index (χ0) is 23.9. The van der Waals surface area contributed by atoms with Crippen LogP contribution in [0.15, 0.2) is 0 Å². The van der Waals surface area contributed by atoms with E-state index in [2.05, 4.69) is 0 Å². The molecule has 0 aromatic carbocycles. The Hall–Kier alpha value is -0.900. The number of hydrogen-bond acceptors (Lipinski definition) is 7. The van der Waals surface area contributed by atoms with Gasteiger partial charge in [0.25, 0.3) is 10.0 Å². The molecule has 0 N–H and O–H groups in total. The van der Waals surface area contributed by atoms with E-state index in [1.165, 1.54) is 0 Å². The molecule has 2 heterocycles. The maximum absolute atomic E-state index is 14.1. The van der Waals surface area contributed by atoms with Gasteiger partial charge in [-0.15, -0.1) is 0 Å². The molecule has 2 rings (SSSR count). The van der Waals surface area contributed by atoms with E-state index in [-0.39, 0.29) is 0 Å². The first-order valence-electron chi connectivity index (χ1n) is 7.18. The molecule has 0 aliphatic carbocycles. The van der Waals surface area contributed by atoms with E-state index >= 15 is 0 Å². The van der Waals surface area contributed by atoms with E-state index in [1.54, 1.807) is 0 Å². The molecule has 0 amide bonds. The number of sulfonamides is 3. The second kappa shape index (κ2) is 6.56. The highest BCUT2D eigenvalue weighted by Gasteiger charge is 2.86. The smallest absolute Gasteiger partial charge is 0.302 e. The summed E-state index contributed by atoms with van der Waals surface area (Å²) in [5.74, 6) is -7.36. The number of alkyl halides is 9. The topological polar surface area (TPSA) is 112 Å². The third-order valence-electron chi connectivity index (χ3n) is 4.21. The monoisotopic (exact) mass is 523 g/mol. The molecule has 1 atom stereocenters. The van der Waals surface area contributed by atoms with Crippen molar-refractivity contribution in [3.05, 3.63) is 0 Å². The first-order chi connectivity index (χ1) is 13.0. The normalized spacial score (nSPS) is 32.0. The Kier molecular flexibility index (Phi) is 5.54. The molecular weight excluding hydrogens is 513 g/mol. The number of fused-ring (bicyclic) bond motifs is 1. The number of rotatable bonds is 1. The lowest BCUT2D eigenvalue weighted by Crippen LogP contribution is -2.75. The molecule has 2 aliphatic heterocycles. The fraction of sp³-hybridized carbons (Fsp3) is 1.00. The van der Waals surface area contributed by atoms with Crippen LogP contribution in [0, 0.1) is 0 Å². The standard InChI is InChI=1S/C9H10F9N3O6S3/c1-19-2-3-20-5(4-19)21(30(26,27)9(16,17)18)29(24,25)8(14,15)6(10,11)7(12,13)28(20,22)23/h5H,2-4H2,1H3. The van der Waals surface area contributed by atoms with E-state index < -0.39 is 85.8 Å². The molecule has 2 aliphatic rings. The molecule has 178 valence electrons. The third kappa shape index (κ3) is 2.95. The van der Waals surface area contributed by atoms with Crippen LogP contribution >= 0.6 is 0 Å². The zero-order valence-corrected chi connectivity index (χ0v) is 16.6. The van der Waals surface area contributed by atoms with Crippen LogP contribution in [0.25, 0.3) is 0 Å². The van der Waals surface area contributed by atoms with Gasteiger partial charge in [0.2, 0.25) is 0 Å². The molecular formula is C9H10F9N3O6S3. The van der Waals surface area contributed by atoms with Gasteiger partial charge in [-0.05, 0) is 7.05 Å². The van der Waals surface area contributed by atoms with Crippen LogP contribution in [0.5, 0.6) is 0 Å². The van der Waals surface area contributed by atoms with E-state index in [1.807, 2.05) is 0 Å². The maximum atomic E-state index is 14.1. The van der Waals surface area contributed by atoms with Crippen molar-refractivity contribution in [2.24, 2.45) is 0 Å². The third-order valence-corrected chi connectivity index (χ3v) is 10.3. The van der Waals surface area contributed by atoms with Crippen molar-refractivity contribution in [2.75, 3.05) is 26.7 Å².